The summed E-state index contributed by atoms with van der Waals surface area (Å²) in [7, 11) is 4.75. The average Bonchev–Trinajstić information content (AvgIpc) is 3.30. The van der Waals surface area contributed by atoms with Gasteiger partial charge < -0.3 is 19.5 Å². The molecule has 9 heteroatoms. The third-order valence-electron chi connectivity index (χ3n) is 6.21. The summed E-state index contributed by atoms with van der Waals surface area (Å²) >= 11 is 3.49. The van der Waals surface area contributed by atoms with Crippen LogP contribution in [0.2, 0.25) is 0 Å². The third-order valence-corrected chi connectivity index (χ3v) is 6.73. The van der Waals surface area contributed by atoms with E-state index in [-0.39, 0.29) is 17.7 Å². The quantitative estimate of drug-likeness (QED) is 0.541. The van der Waals surface area contributed by atoms with Gasteiger partial charge in [-0.25, -0.2) is 4.68 Å². The molecule has 0 fully saturated rings. The van der Waals surface area contributed by atoms with Crippen molar-refractivity contribution in [2.75, 3.05) is 26.6 Å². The van der Waals surface area contributed by atoms with Gasteiger partial charge in [0.05, 0.1) is 21.3 Å². The summed E-state index contributed by atoms with van der Waals surface area (Å²) in [5.41, 5.74) is 3.55. The maximum atomic E-state index is 13.6. The highest BCUT2D eigenvalue weighted by Crippen LogP contribution is 2.47. The lowest BCUT2D eigenvalue weighted by molar-refractivity contribution is -0.116. The highest BCUT2D eigenvalue weighted by Gasteiger charge is 2.39. The predicted molar refractivity (Wildman–Crippen MR) is 126 cm³/mol. The van der Waals surface area contributed by atoms with Crippen LogP contribution in [0.5, 0.6) is 17.2 Å². The molecular weight excluding hydrogens is 488 g/mol. The van der Waals surface area contributed by atoms with Crippen molar-refractivity contribution in [3.8, 4) is 17.2 Å². The van der Waals surface area contributed by atoms with Gasteiger partial charge in [0.15, 0.2) is 17.3 Å². The second-order valence-electron chi connectivity index (χ2n) is 7.99. The van der Waals surface area contributed by atoms with Crippen molar-refractivity contribution in [1.82, 2.24) is 14.8 Å². The number of hydrogen-bond acceptors (Lipinski definition) is 7. The van der Waals surface area contributed by atoms with E-state index < -0.39 is 0 Å². The van der Waals surface area contributed by atoms with Gasteiger partial charge >= 0.3 is 0 Å². The number of carbonyl (C=O) groups excluding carboxylic acids is 1. The molecule has 0 bridgehead atoms. The van der Waals surface area contributed by atoms with Crippen LogP contribution in [0.3, 0.4) is 0 Å². The Morgan fingerprint density at radius 2 is 1.70 bits per heavy atom. The third kappa shape index (κ3) is 3.66. The first-order chi connectivity index (χ1) is 16.0. The van der Waals surface area contributed by atoms with Crippen molar-refractivity contribution < 1.29 is 19.0 Å². The van der Waals surface area contributed by atoms with Crippen LogP contribution < -0.4 is 19.5 Å². The Balaban J connectivity index is 1.57. The van der Waals surface area contributed by atoms with Crippen LogP contribution in [-0.4, -0.2) is 41.9 Å². The molecule has 3 aromatic rings. The zero-order valence-corrected chi connectivity index (χ0v) is 20.0. The van der Waals surface area contributed by atoms with E-state index in [9.17, 15) is 4.79 Å². The molecule has 0 saturated heterocycles. The van der Waals surface area contributed by atoms with Gasteiger partial charge in [-0.05, 0) is 47.7 Å². The normalized spacial score (nSPS) is 19.5. The fraction of sp³-hybridized carbons (Fsp3) is 0.292. The van der Waals surface area contributed by atoms with E-state index in [1.54, 1.807) is 26.0 Å². The molecule has 1 aromatic heterocycles. The van der Waals surface area contributed by atoms with Gasteiger partial charge in [0.2, 0.25) is 11.7 Å². The van der Waals surface area contributed by atoms with Crippen molar-refractivity contribution in [2.45, 2.75) is 24.8 Å². The van der Waals surface area contributed by atoms with Crippen molar-refractivity contribution in [2.24, 2.45) is 0 Å². The van der Waals surface area contributed by atoms with Crippen LogP contribution in [0.15, 0.2) is 58.5 Å². The van der Waals surface area contributed by atoms with Gasteiger partial charge in [0.25, 0.3) is 0 Å². The first-order valence-corrected chi connectivity index (χ1v) is 11.3. The number of hydrogen-bond donors (Lipinski definition) is 1. The largest absolute Gasteiger partial charge is 0.493 e. The molecule has 33 heavy (non-hydrogen) atoms. The monoisotopic (exact) mass is 510 g/mol. The van der Waals surface area contributed by atoms with Crippen LogP contribution in [0.25, 0.3) is 0 Å². The standard InChI is InChI=1S/C24H23BrN4O4/c1-31-19-10-15(11-20(32-2)23(19)33-3)14-8-17-21(18(30)9-14)22(13-4-6-16(25)7-5-13)29-24(28-17)26-12-27-29/h4-7,10-12,14,22H,8-9H2,1-3H3,(H,26,27,28)/t14-,22-/m1/s1. The Labute approximate surface area is 199 Å². The zero-order valence-electron chi connectivity index (χ0n) is 18.5. The number of ketones is 1. The molecule has 2 heterocycles. The van der Waals surface area contributed by atoms with Crippen LogP contribution in [0.4, 0.5) is 5.95 Å². The SMILES string of the molecule is COc1cc([C@H]2CC(=O)C3=C(C2)Nc2ncnn2[C@@H]3c2ccc(Br)cc2)cc(OC)c1OC. The van der Waals surface area contributed by atoms with Crippen LogP contribution >= 0.6 is 15.9 Å². The number of aromatic nitrogens is 3. The van der Waals surface area contributed by atoms with Crippen LogP contribution in [-0.2, 0) is 4.79 Å². The number of rotatable bonds is 5. The molecule has 1 N–H and O–H groups in total. The van der Waals surface area contributed by atoms with E-state index in [4.69, 9.17) is 14.2 Å². The molecule has 0 amide bonds. The fourth-order valence-corrected chi connectivity index (χ4v) is 4.94. The molecular formula is C24H23BrN4O4. The molecule has 0 spiro atoms. The van der Waals surface area contributed by atoms with Crippen LogP contribution in [0, 0.1) is 0 Å². The highest BCUT2D eigenvalue weighted by atomic mass is 79.9. The molecule has 1 aliphatic carbocycles. The number of Topliss-reactive ketones (excluding diaryl/α,β-unsaturated/α-hetero) is 1. The topological polar surface area (TPSA) is 87.5 Å². The van der Waals surface area contributed by atoms with Gasteiger partial charge in [-0.1, -0.05) is 28.1 Å². The summed E-state index contributed by atoms with van der Waals surface area (Å²) in [4.78, 5) is 17.9. The summed E-state index contributed by atoms with van der Waals surface area (Å²) in [6, 6.07) is 11.5. The van der Waals surface area contributed by atoms with Gasteiger partial charge in [0, 0.05) is 22.2 Å². The number of carbonyl (C=O) groups is 1. The van der Waals surface area contributed by atoms with E-state index in [0.717, 1.165) is 26.9 Å². The number of ether oxygens (including phenoxy) is 3. The molecule has 2 aromatic carbocycles. The number of methoxy groups -OCH3 is 3. The Morgan fingerprint density at radius 1 is 1.00 bits per heavy atom. The van der Waals surface area contributed by atoms with Gasteiger partial charge in [-0.2, -0.15) is 10.1 Å². The smallest absolute Gasteiger partial charge is 0.226 e. The minimum Gasteiger partial charge on any atom is -0.493 e. The van der Waals surface area contributed by atoms with Crippen LogP contribution in [0.1, 0.15) is 35.9 Å². The van der Waals surface area contributed by atoms with E-state index >= 15 is 0 Å². The van der Waals surface area contributed by atoms with E-state index in [1.165, 1.54) is 6.33 Å². The van der Waals surface area contributed by atoms with E-state index in [0.29, 0.717) is 36.0 Å². The molecule has 0 saturated carbocycles. The molecule has 5 rings (SSSR count). The lowest BCUT2D eigenvalue weighted by atomic mass is 9.78. The summed E-state index contributed by atoms with van der Waals surface area (Å²) < 4.78 is 19.2. The molecule has 0 unspecified atom stereocenters. The number of anilines is 1. The first kappa shape index (κ1) is 21.5. The zero-order chi connectivity index (χ0) is 23.1. The Bertz CT molecular complexity index is 1230. The van der Waals surface area contributed by atoms with Gasteiger partial charge in [-0.15, -0.1) is 0 Å². The lowest BCUT2D eigenvalue weighted by Gasteiger charge is -2.35. The lowest BCUT2D eigenvalue weighted by Crippen LogP contribution is -2.33. The highest BCUT2D eigenvalue weighted by molar-refractivity contribution is 9.10. The number of benzene rings is 2. The maximum Gasteiger partial charge on any atom is 0.226 e. The predicted octanol–water partition coefficient (Wildman–Crippen LogP) is 4.48. The van der Waals surface area contributed by atoms with E-state index in [1.807, 2.05) is 36.4 Å². The summed E-state index contributed by atoms with van der Waals surface area (Å²) in [6.07, 6.45) is 2.53. The average molecular weight is 511 g/mol. The minimum atomic E-state index is -0.319. The minimum absolute atomic E-state index is 0.0440. The molecule has 2 aliphatic rings. The second kappa shape index (κ2) is 8.55. The molecule has 1 aliphatic heterocycles. The molecule has 0 radical (unpaired) electrons. The van der Waals surface area contributed by atoms with Crippen molar-refractivity contribution in [3.05, 3.63) is 69.6 Å². The van der Waals surface area contributed by atoms with Gasteiger partial charge in [-0.3, -0.25) is 4.79 Å². The Morgan fingerprint density at radius 3 is 2.33 bits per heavy atom. The van der Waals surface area contributed by atoms with Gasteiger partial charge in [0.1, 0.15) is 12.4 Å². The maximum absolute atomic E-state index is 13.6. The van der Waals surface area contributed by atoms with Crippen molar-refractivity contribution in [3.63, 3.8) is 0 Å². The Kier molecular flexibility index (Phi) is 5.57. The number of allylic oxidation sites excluding steroid dienone is 2. The molecule has 2 atom stereocenters. The Hall–Kier alpha value is -3.33. The summed E-state index contributed by atoms with van der Waals surface area (Å²) in [5, 5.41) is 7.75. The molecule has 8 nitrogen and oxygen atoms in total. The second-order valence-corrected chi connectivity index (χ2v) is 8.90. The summed E-state index contributed by atoms with van der Waals surface area (Å²) in [6.45, 7) is 0. The number of nitrogens with one attached hydrogen (secondary N) is 1. The summed E-state index contributed by atoms with van der Waals surface area (Å²) in [5.74, 6) is 2.34. The number of nitrogens with zero attached hydrogens (tertiary/aromatic N) is 3. The fourth-order valence-electron chi connectivity index (χ4n) is 4.68. The molecule has 170 valence electrons. The van der Waals surface area contributed by atoms with E-state index in [2.05, 4.69) is 31.3 Å². The van der Waals surface area contributed by atoms with Crippen molar-refractivity contribution in [1.29, 1.82) is 0 Å². The first-order valence-electron chi connectivity index (χ1n) is 10.5. The number of halogens is 1. The van der Waals surface area contributed by atoms with Crippen molar-refractivity contribution >= 4 is 27.7 Å². The number of fused-ring (bicyclic) bond motifs is 1.